The molecule has 1 heterocycles. The van der Waals surface area contributed by atoms with E-state index in [0.29, 0.717) is 12.5 Å². The van der Waals surface area contributed by atoms with Crippen molar-refractivity contribution in [2.45, 2.75) is 43.9 Å². The summed E-state index contributed by atoms with van der Waals surface area (Å²) in [5, 5.41) is 0. The molecule has 2 aliphatic carbocycles. The summed E-state index contributed by atoms with van der Waals surface area (Å²) in [5.41, 5.74) is 0.292. The van der Waals surface area contributed by atoms with E-state index in [1.54, 1.807) is 6.26 Å². The average Bonchev–Trinajstić information content (AvgIpc) is 3.19. The first-order valence-electron chi connectivity index (χ1n) is 5.89. The first kappa shape index (κ1) is 9.87. The van der Waals surface area contributed by atoms with E-state index in [4.69, 9.17) is 9.15 Å². The molecule has 0 radical (unpaired) electrons. The van der Waals surface area contributed by atoms with E-state index in [9.17, 15) is 4.79 Å². The van der Waals surface area contributed by atoms with Gasteiger partial charge in [-0.05, 0) is 32.6 Å². The van der Waals surface area contributed by atoms with E-state index < -0.39 is 5.41 Å². The lowest BCUT2D eigenvalue weighted by Gasteiger charge is -2.09. The minimum absolute atomic E-state index is 0.148. The van der Waals surface area contributed by atoms with Crippen LogP contribution in [-0.2, 0) is 14.9 Å². The van der Waals surface area contributed by atoms with Crippen LogP contribution in [0.25, 0.3) is 0 Å². The van der Waals surface area contributed by atoms with Gasteiger partial charge < -0.3 is 9.15 Å². The summed E-state index contributed by atoms with van der Waals surface area (Å²) in [5.74, 6) is 1.14. The summed E-state index contributed by atoms with van der Waals surface area (Å²) in [6, 6.07) is 0. The lowest BCUT2D eigenvalue weighted by molar-refractivity contribution is -0.146. The second-order valence-electron chi connectivity index (χ2n) is 4.65. The van der Waals surface area contributed by atoms with E-state index >= 15 is 0 Å². The monoisotopic (exact) mass is 221 g/mol. The van der Waals surface area contributed by atoms with E-state index in [-0.39, 0.29) is 5.97 Å². The molecule has 2 saturated carbocycles. The zero-order chi connectivity index (χ0) is 11.2. The van der Waals surface area contributed by atoms with E-state index in [1.165, 1.54) is 0 Å². The Labute approximate surface area is 94.0 Å². The fourth-order valence-corrected chi connectivity index (χ4v) is 1.98. The van der Waals surface area contributed by atoms with Crippen molar-refractivity contribution in [3.63, 3.8) is 0 Å². The maximum Gasteiger partial charge on any atom is 0.318 e. The second-order valence-corrected chi connectivity index (χ2v) is 4.65. The number of hydrogen-bond acceptors (Lipinski definition) is 4. The standard InChI is InChI=1S/C12H15NO3/c1-2-15-11(14)12(5-6-12)9-7-16-10(13-9)8-3-4-8/h7-8H,2-6H2,1H3. The summed E-state index contributed by atoms with van der Waals surface area (Å²) in [6.07, 6.45) is 5.63. The molecular formula is C12H15NO3. The molecule has 1 aromatic heterocycles. The zero-order valence-corrected chi connectivity index (χ0v) is 9.36. The van der Waals surface area contributed by atoms with Crippen LogP contribution in [0.3, 0.4) is 0 Å². The highest BCUT2D eigenvalue weighted by Gasteiger charge is 2.55. The molecule has 0 aromatic carbocycles. The molecule has 2 fully saturated rings. The van der Waals surface area contributed by atoms with Gasteiger partial charge in [-0.1, -0.05) is 0 Å². The number of esters is 1. The minimum atomic E-state index is -0.480. The molecule has 86 valence electrons. The largest absolute Gasteiger partial charge is 0.465 e. The van der Waals surface area contributed by atoms with Gasteiger partial charge in [0.2, 0.25) is 0 Å². The van der Waals surface area contributed by atoms with Crippen LogP contribution >= 0.6 is 0 Å². The quantitative estimate of drug-likeness (QED) is 0.731. The number of ether oxygens (including phenoxy) is 1. The molecule has 0 bridgehead atoms. The number of aromatic nitrogens is 1. The van der Waals surface area contributed by atoms with E-state index in [0.717, 1.165) is 37.3 Å². The van der Waals surface area contributed by atoms with Crippen LogP contribution in [0.4, 0.5) is 0 Å². The topological polar surface area (TPSA) is 52.3 Å². The second kappa shape index (κ2) is 3.34. The van der Waals surface area contributed by atoms with Crippen LogP contribution in [0.2, 0.25) is 0 Å². The van der Waals surface area contributed by atoms with Gasteiger partial charge in [0.25, 0.3) is 0 Å². The fourth-order valence-electron chi connectivity index (χ4n) is 1.98. The van der Waals surface area contributed by atoms with Crippen molar-refractivity contribution in [2.75, 3.05) is 6.61 Å². The third-order valence-corrected chi connectivity index (χ3v) is 3.36. The molecule has 0 amide bonds. The Morgan fingerprint density at radius 3 is 2.94 bits per heavy atom. The summed E-state index contributed by atoms with van der Waals surface area (Å²) in [7, 11) is 0. The Balaban J connectivity index is 1.82. The maximum atomic E-state index is 11.8. The number of oxazole rings is 1. The van der Waals surface area contributed by atoms with Gasteiger partial charge in [0, 0.05) is 5.92 Å². The molecule has 0 aliphatic heterocycles. The highest BCUT2D eigenvalue weighted by Crippen LogP contribution is 2.50. The molecule has 4 heteroatoms. The Bertz CT molecular complexity index is 416. The molecule has 0 atom stereocenters. The Morgan fingerprint density at radius 2 is 2.38 bits per heavy atom. The molecule has 1 aromatic rings. The molecular weight excluding hydrogens is 206 g/mol. The fraction of sp³-hybridized carbons (Fsp3) is 0.667. The highest BCUT2D eigenvalue weighted by molar-refractivity contribution is 5.85. The van der Waals surface area contributed by atoms with Gasteiger partial charge in [-0.2, -0.15) is 0 Å². The van der Waals surface area contributed by atoms with Gasteiger partial charge in [0.15, 0.2) is 5.89 Å². The smallest absolute Gasteiger partial charge is 0.318 e. The number of nitrogens with zero attached hydrogens (tertiary/aromatic N) is 1. The summed E-state index contributed by atoms with van der Waals surface area (Å²) in [4.78, 5) is 16.3. The minimum Gasteiger partial charge on any atom is -0.465 e. The van der Waals surface area contributed by atoms with Crippen LogP contribution < -0.4 is 0 Å². The lowest BCUT2D eigenvalue weighted by Crippen LogP contribution is -2.23. The van der Waals surface area contributed by atoms with E-state index in [2.05, 4.69) is 4.98 Å². The summed E-state index contributed by atoms with van der Waals surface area (Å²) < 4.78 is 10.5. The Hall–Kier alpha value is -1.32. The number of hydrogen-bond donors (Lipinski definition) is 0. The summed E-state index contributed by atoms with van der Waals surface area (Å²) >= 11 is 0. The van der Waals surface area contributed by atoms with Gasteiger partial charge in [-0.15, -0.1) is 0 Å². The van der Waals surface area contributed by atoms with Crippen molar-refractivity contribution in [1.82, 2.24) is 4.98 Å². The molecule has 4 nitrogen and oxygen atoms in total. The molecule has 3 rings (SSSR count). The predicted molar refractivity (Wildman–Crippen MR) is 56.0 cm³/mol. The van der Waals surface area contributed by atoms with Crippen molar-refractivity contribution < 1.29 is 13.9 Å². The highest BCUT2D eigenvalue weighted by atomic mass is 16.5. The SMILES string of the molecule is CCOC(=O)C1(c2coc(C3CC3)n2)CC1. The van der Waals surface area contributed by atoms with Crippen LogP contribution in [0.1, 0.15) is 50.1 Å². The molecule has 16 heavy (non-hydrogen) atoms. The van der Waals surface area contributed by atoms with Crippen LogP contribution in [0, 0.1) is 0 Å². The number of carbonyl (C=O) groups excluding carboxylic acids is 1. The molecule has 0 saturated heterocycles. The van der Waals surface area contributed by atoms with Gasteiger partial charge >= 0.3 is 5.97 Å². The van der Waals surface area contributed by atoms with Crippen molar-refractivity contribution in [3.05, 3.63) is 17.8 Å². The third-order valence-electron chi connectivity index (χ3n) is 3.36. The van der Waals surface area contributed by atoms with Crippen LogP contribution in [0.15, 0.2) is 10.7 Å². The van der Waals surface area contributed by atoms with Crippen LogP contribution in [-0.4, -0.2) is 17.6 Å². The Morgan fingerprint density at radius 1 is 1.62 bits per heavy atom. The van der Waals surface area contributed by atoms with Gasteiger partial charge in [-0.3, -0.25) is 4.79 Å². The molecule has 0 unspecified atom stereocenters. The van der Waals surface area contributed by atoms with Crippen LogP contribution in [0.5, 0.6) is 0 Å². The molecule has 2 aliphatic rings. The third kappa shape index (κ3) is 1.44. The molecule has 0 N–H and O–H groups in total. The van der Waals surface area contributed by atoms with Gasteiger partial charge in [-0.25, -0.2) is 4.98 Å². The normalized spacial score (nSPS) is 21.8. The van der Waals surface area contributed by atoms with E-state index in [1.807, 2.05) is 6.92 Å². The first-order chi connectivity index (χ1) is 7.76. The van der Waals surface area contributed by atoms with Crippen molar-refractivity contribution >= 4 is 5.97 Å². The first-order valence-corrected chi connectivity index (χ1v) is 5.89. The zero-order valence-electron chi connectivity index (χ0n) is 9.36. The van der Waals surface area contributed by atoms with Crippen molar-refractivity contribution in [3.8, 4) is 0 Å². The van der Waals surface area contributed by atoms with Crippen molar-refractivity contribution in [2.24, 2.45) is 0 Å². The predicted octanol–water partition coefficient (Wildman–Crippen LogP) is 2.15. The maximum absolute atomic E-state index is 11.8. The number of carbonyl (C=O) groups is 1. The average molecular weight is 221 g/mol. The Kier molecular flexibility index (Phi) is 2.06. The van der Waals surface area contributed by atoms with Crippen molar-refractivity contribution in [1.29, 1.82) is 0 Å². The van der Waals surface area contributed by atoms with Gasteiger partial charge in [0.05, 0.1) is 12.3 Å². The number of rotatable bonds is 4. The molecule has 0 spiro atoms. The summed E-state index contributed by atoms with van der Waals surface area (Å²) in [6.45, 7) is 2.25. The lowest BCUT2D eigenvalue weighted by atomic mass is 10.0. The van der Waals surface area contributed by atoms with Gasteiger partial charge in [0.1, 0.15) is 11.7 Å².